The highest BCUT2D eigenvalue weighted by atomic mass is 16.3. The Kier molecular flexibility index (Phi) is 1.90. The summed E-state index contributed by atoms with van der Waals surface area (Å²) in [5, 5.41) is 0. The molecule has 0 spiro atoms. The molecule has 0 aliphatic heterocycles. The van der Waals surface area contributed by atoms with E-state index in [1.165, 1.54) is 0 Å². The lowest BCUT2D eigenvalue weighted by atomic mass is 10.4. The smallest absolute Gasteiger partial charge is 0.117 e. The van der Waals surface area contributed by atoms with Crippen molar-refractivity contribution < 1.29 is 4.42 Å². The summed E-state index contributed by atoms with van der Waals surface area (Å²) in [6.07, 6.45) is 1.90. The van der Waals surface area contributed by atoms with E-state index >= 15 is 0 Å². The van der Waals surface area contributed by atoms with Gasteiger partial charge in [-0.15, -0.1) is 0 Å². The highest BCUT2D eigenvalue weighted by Crippen LogP contribution is 2.07. The maximum atomic E-state index is 5.31. The molecule has 0 atom stereocenters. The van der Waals surface area contributed by atoms with Crippen molar-refractivity contribution in [2.24, 2.45) is 5.73 Å². The van der Waals surface area contributed by atoms with Crippen LogP contribution in [0.3, 0.4) is 0 Å². The van der Waals surface area contributed by atoms with Crippen LogP contribution < -0.4 is 5.73 Å². The predicted molar refractivity (Wildman–Crippen MR) is 35.7 cm³/mol. The molecule has 0 unspecified atom stereocenters. The first-order valence-corrected chi connectivity index (χ1v) is 2.95. The van der Waals surface area contributed by atoms with Crippen molar-refractivity contribution in [1.29, 1.82) is 0 Å². The van der Waals surface area contributed by atoms with Gasteiger partial charge in [-0.1, -0.05) is 6.92 Å². The summed E-state index contributed by atoms with van der Waals surface area (Å²) in [6, 6.07) is 3.79. The summed E-state index contributed by atoms with van der Waals surface area (Å²) >= 11 is 0. The average Bonchev–Trinajstić information content (AvgIpc) is 2.34. The van der Waals surface area contributed by atoms with Crippen molar-refractivity contribution in [3.05, 3.63) is 30.1 Å². The van der Waals surface area contributed by atoms with Crippen LogP contribution in [0.5, 0.6) is 0 Å². The maximum Gasteiger partial charge on any atom is 0.117 e. The molecule has 0 aromatic carbocycles. The highest BCUT2D eigenvalue weighted by Gasteiger charge is 1.95. The fraction of sp³-hybridized carbons (Fsp3) is 0.286. The zero-order valence-corrected chi connectivity index (χ0v) is 5.42. The first kappa shape index (κ1) is 6.36. The van der Waals surface area contributed by atoms with E-state index in [9.17, 15) is 0 Å². The molecule has 2 nitrogen and oxygen atoms in total. The van der Waals surface area contributed by atoms with E-state index in [1.807, 2.05) is 25.5 Å². The van der Waals surface area contributed by atoms with Gasteiger partial charge in [0.25, 0.3) is 0 Å². The summed E-state index contributed by atoms with van der Waals surface area (Å²) in [5.74, 6) is 1.72. The van der Waals surface area contributed by atoms with Crippen LogP contribution in [0.15, 0.2) is 16.5 Å². The first-order valence-electron chi connectivity index (χ1n) is 2.95. The van der Waals surface area contributed by atoms with Gasteiger partial charge in [0, 0.05) is 6.42 Å². The van der Waals surface area contributed by atoms with Crippen LogP contribution in [0, 0.1) is 6.42 Å². The molecule has 2 heteroatoms. The molecule has 0 aliphatic carbocycles. The Morgan fingerprint density at radius 2 is 2.44 bits per heavy atom. The molecule has 0 amide bonds. The van der Waals surface area contributed by atoms with Gasteiger partial charge in [0.1, 0.15) is 11.5 Å². The van der Waals surface area contributed by atoms with Gasteiger partial charge in [-0.3, -0.25) is 0 Å². The molecule has 0 saturated heterocycles. The van der Waals surface area contributed by atoms with Crippen LogP contribution in [0.25, 0.3) is 0 Å². The third kappa shape index (κ3) is 1.33. The summed E-state index contributed by atoms with van der Waals surface area (Å²) < 4.78 is 5.20. The Balaban J connectivity index is 2.74. The normalized spacial score (nSPS) is 10.0. The molecule has 0 aliphatic rings. The molecule has 1 aromatic rings. The Bertz CT molecular complexity index is 162. The van der Waals surface area contributed by atoms with Crippen LogP contribution >= 0.6 is 0 Å². The number of rotatable bonds is 2. The molecular formula is C7H10NO. The molecule has 1 radical (unpaired) electrons. The summed E-state index contributed by atoms with van der Waals surface area (Å²) in [4.78, 5) is 0. The second-order valence-electron chi connectivity index (χ2n) is 1.80. The lowest BCUT2D eigenvalue weighted by molar-refractivity contribution is 0.491. The fourth-order valence-corrected chi connectivity index (χ4v) is 0.659. The molecule has 49 valence electrons. The van der Waals surface area contributed by atoms with E-state index in [4.69, 9.17) is 10.2 Å². The third-order valence-corrected chi connectivity index (χ3v) is 1.17. The van der Waals surface area contributed by atoms with Crippen molar-refractivity contribution in [2.45, 2.75) is 13.5 Å². The predicted octanol–water partition coefficient (Wildman–Crippen LogP) is 1.31. The Morgan fingerprint density at radius 3 is 2.78 bits per heavy atom. The highest BCUT2D eigenvalue weighted by molar-refractivity contribution is 5.12. The topological polar surface area (TPSA) is 39.2 Å². The quantitative estimate of drug-likeness (QED) is 0.645. The zero-order valence-electron chi connectivity index (χ0n) is 5.42. The SMILES string of the molecule is C[CH]c1ccc(CN)o1. The van der Waals surface area contributed by atoms with Gasteiger partial charge in [0.2, 0.25) is 0 Å². The monoisotopic (exact) mass is 124 g/mol. The van der Waals surface area contributed by atoms with Gasteiger partial charge < -0.3 is 10.2 Å². The van der Waals surface area contributed by atoms with Crippen LogP contribution in [0.1, 0.15) is 18.4 Å². The second-order valence-corrected chi connectivity index (χ2v) is 1.80. The molecule has 2 N–H and O–H groups in total. The number of furan rings is 1. The van der Waals surface area contributed by atoms with Crippen molar-refractivity contribution in [3.8, 4) is 0 Å². The van der Waals surface area contributed by atoms with Crippen molar-refractivity contribution in [3.63, 3.8) is 0 Å². The molecule has 0 fully saturated rings. The summed E-state index contributed by atoms with van der Waals surface area (Å²) in [7, 11) is 0. The number of nitrogens with two attached hydrogens (primary N) is 1. The van der Waals surface area contributed by atoms with Crippen LogP contribution in [0.4, 0.5) is 0 Å². The van der Waals surface area contributed by atoms with Gasteiger partial charge in [-0.2, -0.15) is 0 Å². The van der Waals surface area contributed by atoms with E-state index < -0.39 is 0 Å². The van der Waals surface area contributed by atoms with Crippen molar-refractivity contribution in [2.75, 3.05) is 0 Å². The molecule has 1 aromatic heterocycles. The minimum absolute atomic E-state index is 0.480. The van der Waals surface area contributed by atoms with E-state index in [2.05, 4.69) is 0 Å². The molecular weight excluding hydrogens is 114 g/mol. The minimum atomic E-state index is 0.480. The van der Waals surface area contributed by atoms with Crippen LogP contribution in [-0.4, -0.2) is 0 Å². The summed E-state index contributed by atoms with van der Waals surface area (Å²) in [5.41, 5.74) is 5.31. The molecule has 0 bridgehead atoms. The lowest BCUT2D eigenvalue weighted by Crippen LogP contribution is -1.92. The third-order valence-electron chi connectivity index (χ3n) is 1.17. The van der Waals surface area contributed by atoms with E-state index in [1.54, 1.807) is 0 Å². The van der Waals surface area contributed by atoms with Crippen molar-refractivity contribution >= 4 is 0 Å². The molecule has 1 rings (SSSR count). The Hall–Kier alpha value is -0.760. The van der Waals surface area contributed by atoms with Crippen LogP contribution in [-0.2, 0) is 6.54 Å². The maximum absolute atomic E-state index is 5.31. The number of hydrogen-bond donors (Lipinski definition) is 1. The largest absolute Gasteiger partial charge is 0.464 e. The lowest BCUT2D eigenvalue weighted by Gasteiger charge is -1.86. The first-order chi connectivity index (χ1) is 4.36. The van der Waals surface area contributed by atoms with Crippen molar-refractivity contribution in [1.82, 2.24) is 0 Å². The second kappa shape index (κ2) is 2.69. The Morgan fingerprint density at radius 1 is 1.67 bits per heavy atom. The number of hydrogen-bond acceptors (Lipinski definition) is 2. The standard InChI is InChI=1S/C7H10NO/c1-2-6-3-4-7(5-8)9-6/h2-4H,5,8H2,1H3. The molecule has 0 saturated carbocycles. The zero-order chi connectivity index (χ0) is 6.69. The van der Waals surface area contributed by atoms with E-state index in [0.29, 0.717) is 6.54 Å². The average molecular weight is 124 g/mol. The van der Waals surface area contributed by atoms with Gasteiger partial charge in [0.15, 0.2) is 0 Å². The fourth-order valence-electron chi connectivity index (χ4n) is 0.659. The Labute approximate surface area is 54.7 Å². The minimum Gasteiger partial charge on any atom is -0.464 e. The van der Waals surface area contributed by atoms with Gasteiger partial charge >= 0.3 is 0 Å². The summed E-state index contributed by atoms with van der Waals surface area (Å²) in [6.45, 7) is 2.41. The van der Waals surface area contributed by atoms with Gasteiger partial charge in [0.05, 0.1) is 6.54 Å². The van der Waals surface area contributed by atoms with Gasteiger partial charge in [-0.05, 0) is 12.1 Å². The van der Waals surface area contributed by atoms with E-state index in [-0.39, 0.29) is 0 Å². The molecule has 1 heterocycles. The van der Waals surface area contributed by atoms with Crippen LogP contribution in [0.2, 0.25) is 0 Å². The van der Waals surface area contributed by atoms with E-state index in [0.717, 1.165) is 11.5 Å². The van der Waals surface area contributed by atoms with Gasteiger partial charge in [-0.25, -0.2) is 0 Å². The molecule has 9 heavy (non-hydrogen) atoms.